The topological polar surface area (TPSA) is 75.5 Å². The van der Waals surface area contributed by atoms with Crippen molar-refractivity contribution in [2.75, 3.05) is 26.2 Å². The predicted octanol–water partition coefficient (Wildman–Crippen LogP) is 1.55. The number of hydrogen-bond acceptors (Lipinski definition) is 4. The van der Waals surface area contributed by atoms with Crippen molar-refractivity contribution in [3.8, 4) is 0 Å². The smallest absolute Gasteiger partial charge is 0.342 e. The molecule has 0 radical (unpaired) electrons. The number of amides is 2. The van der Waals surface area contributed by atoms with E-state index in [9.17, 15) is 14.4 Å². The Morgan fingerprint density at radius 3 is 2.57 bits per heavy atom. The number of nitrogens with zero attached hydrogens (tertiary/aromatic N) is 4. The fourth-order valence-electron chi connectivity index (χ4n) is 4.68. The number of carbonyl (C=O) groups is 2. The minimum atomic E-state index is -0.460. The van der Waals surface area contributed by atoms with E-state index in [1.165, 1.54) is 10.1 Å². The van der Waals surface area contributed by atoms with E-state index < -0.39 is 11.1 Å². The van der Waals surface area contributed by atoms with Gasteiger partial charge in [-0.25, -0.2) is 4.79 Å². The zero-order valence-electron chi connectivity index (χ0n) is 17.6. The molecule has 2 saturated heterocycles. The molecule has 30 heavy (non-hydrogen) atoms. The lowest BCUT2D eigenvalue weighted by atomic mass is 9.85. The Balaban J connectivity index is 1.38. The molecule has 1 unspecified atom stereocenters. The predicted molar refractivity (Wildman–Crippen MR) is 113 cm³/mol. The van der Waals surface area contributed by atoms with Crippen LogP contribution in [0.3, 0.4) is 0 Å². The number of rotatable bonds is 5. The van der Waals surface area contributed by atoms with Crippen LogP contribution < -0.4 is 5.69 Å². The standard InChI is InChI=1S/C23H28N4O3/c1-17-14-18(2)27(22(30)24-17)15-20(28)26-13-10-23(16-26)9-12-25(21(23)29)11-8-19-6-4-3-5-7-19/h3-7,14H,8-13,15-16H2,1-2H3. The Hall–Kier alpha value is -2.96. The van der Waals surface area contributed by atoms with Gasteiger partial charge in [0, 0.05) is 37.6 Å². The normalized spacial score (nSPS) is 21.1. The first kappa shape index (κ1) is 20.3. The van der Waals surface area contributed by atoms with Gasteiger partial charge < -0.3 is 9.80 Å². The maximum atomic E-state index is 13.1. The zero-order chi connectivity index (χ0) is 21.3. The third-order valence-corrected chi connectivity index (χ3v) is 6.46. The molecule has 2 amide bonds. The summed E-state index contributed by atoms with van der Waals surface area (Å²) >= 11 is 0. The second kappa shape index (κ2) is 8.05. The van der Waals surface area contributed by atoms with Crippen molar-refractivity contribution in [3.63, 3.8) is 0 Å². The first-order valence-corrected chi connectivity index (χ1v) is 10.5. The molecule has 2 aliphatic heterocycles. The van der Waals surface area contributed by atoms with Gasteiger partial charge in [-0.05, 0) is 44.7 Å². The van der Waals surface area contributed by atoms with E-state index in [1.807, 2.05) is 23.1 Å². The average molecular weight is 409 g/mol. The maximum Gasteiger partial charge on any atom is 0.348 e. The number of aromatic nitrogens is 2. The fraction of sp³-hybridized carbons (Fsp3) is 0.478. The van der Waals surface area contributed by atoms with Gasteiger partial charge in [-0.3, -0.25) is 14.2 Å². The lowest BCUT2D eigenvalue weighted by Gasteiger charge is -2.24. The number of hydrogen-bond donors (Lipinski definition) is 0. The van der Waals surface area contributed by atoms with Crippen molar-refractivity contribution in [2.24, 2.45) is 5.41 Å². The summed E-state index contributed by atoms with van der Waals surface area (Å²) in [5.74, 6) is 0.0392. The van der Waals surface area contributed by atoms with Gasteiger partial charge >= 0.3 is 5.69 Å². The van der Waals surface area contributed by atoms with Crippen molar-refractivity contribution in [3.05, 3.63) is 63.8 Å². The average Bonchev–Trinajstić information content (AvgIpc) is 3.29. The molecule has 7 heteroatoms. The number of benzene rings is 1. The van der Waals surface area contributed by atoms with Crippen LogP contribution in [0.15, 0.2) is 41.2 Å². The fourth-order valence-corrected chi connectivity index (χ4v) is 4.68. The van der Waals surface area contributed by atoms with Crippen LogP contribution in [0.25, 0.3) is 0 Å². The molecular formula is C23H28N4O3. The quantitative estimate of drug-likeness (QED) is 0.752. The first-order valence-electron chi connectivity index (χ1n) is 10.5. The van der Waals surface area contributed by atoms with Crippen molar-refractivity contribution in [1.29, 1.82) is 0 Å². The van der Waals surface area contributed by atoms with Crippen molar-refractivity contribution >= 4 is 11.8 Å². The number of likely N-dealkylation sites (tertiary alicyclic amines) is 2. The van der Waals surface area contributed by atoms with Crippen LogP contribution in [0.1, 0.15) is 29.8 Å². The van der Waals surface area contributed by atoms with Crippen LogP contribution in [0, 0.1) is 19.3 Å². The second-order valence-corrected chi connectivity index (χ2v) is 8.53. The van der Waals surface area contributed by atoms with E-state index in [-0.39, 0.29) is 18.4 Å². The van der Waals surface area contributed by atoms with Gasteiger partial charge in [0.05, 0.1) is 5.41 Å². The highest BCUT2D eigenvalue weighted by molar-refractivity contribution is 5.87. The van der Waals surface area contributed by atoms with Crippen LogP contribution in [-0.2, 0) is 22.6 Å². The van der Waals surface area contributed by atoms with Crippen LogP contribution >= 0.6 is 0 Å². The summed E-state index contributed by atoms with van der Waals surface area (Å²) in [4.78, 5) is 45.8. The molecule has 3 heterocycles. The molecule has 0 bridgehead atoms. The summed E-state index contributed by atoms with van der Waals surface area (Å²) in [6.45, 7) is 6.00. The monoisotopic (exact) mass is 408 g/mol. The maximum absolute atomic E-state index is 13.1. The highest BCUT2D eigenvalue weighted by Crippen LogP contribution is 2.40. The van der Waals surface area contributed by atoms with Gasteiger partial charge in [0.15, 0.2) is 0 Å². The molecule has 4 rings (SSSR count). The Morgan fingerprint density at radius 1 is 1.10 bits per heavy atom. The van der Waals surface area contributed by atoms with Gasteiger partial charge in [0.25, 0.3) is 0 Å². The highest BCUT2D eigenvalue weighted by Gasteiger charge is 2.51. The molecule has 2 fully saturated rings. The molecule has 2 aliphatic rings. The van der Waals surface area contributed by atoms with Gasteiger partial charge in [-0.2, -0.15) is 4.98 Å². The SMILES string of the molecule is Cc1cc(C)n(CC(=O)N2CCC3(CCN(CCc4ccccc4)C3=O)C2)c(=O)n1. The molecule has 158 valence electrons. The molecule has 7 nitrogen and oxygen atoms in total. The number of aryl methyl sites for hydroxylation is 2. The van der Waals surface area contributed by atoms with Crippen molar-refractivity contribution < 1.29 is 9.59 Å². The van der Waals surface area contributed by atoms with E-state index in [4.69, 9.17) is 0 Å². The van der Waals surface area contributed by atoms with E-state index in [0.29, 0.717) is 31.7 Å². The van der Waals surface area contributed by atoms with Crippen molar-refractivity contribution in [1.82, 2.24) is 19.4 Å². The molecule has 0 aliphatic carbocycles. The second-order valence-electron chi connectivity index (χ2n) is 8.53. The Kier molecular flexibility index (Phi) is 5.45. The molecule has 0 N–H and O–H groups in total. The van der Waals surface area contributed by atoms with Gasteiger partial charge in [-0.15, -0.1) is 0 Å². The molecule has 1 aromatic carbocycles. The van der Waals surface area contributed by atoms with Gasteiger partial charge in [-0.1, -0.05) is 30.3 Å². The molecular weight excluding hydrogens is 380 g/mol. The van der Waals surface area contributed by atoms with Crippen LogP contribution in [0.4, 0.5) is 0 Å². The van der Waals surface area contributed by atoms with Crippen LogP contribution in [-0.4, -0.2) is 57.3 Å². The van der Waals surface area contributed by atoms with E-state index >= 15 is 0 Å². The summed E-state index contributed by atoms with van der Waals surface area (Å²) < 4.78 is 1.41. The van der Waals surface area contributed by atoms with Crippen LogP contribution in [0.5, 0.6) is 0 Å². The largest absolute Gasteiger partial charge is 0.348 e. The summed E-state index contributed by atoms with van der Waals surface area (Å²) in [6.07, 6.45) is 2.32. The minimum absolute atomic E-state index is 0.0278. The Labute approximate surface area is 176 Å². The highest BCUT2D eigenvalue weighted by atomic mass is 16.2. The van der Waals surface area contributed by atoms with Crippen molar-refractivity contribution in [2.45, 2.75) is 39.7 Å². The molecule has 1 aromatic heterocycles. The minimum Gasteiger partial charge on any atom is -0.342 e. The summed E-state index contributed by atoms with van der Waals surface area (Å²) in [5.41, 5.74) is 1.73. The summed E-state index contributed by atoms with van der Waals surface area (Å²) in [6, 6.07) is 12.0. The summed E-state index contributed by atoms with van der Waals surface area (Å²) in [5, 5.41) is 0. The molecule has 0 saturated carbocycles. The number of carbonyl (C=O) groups excluding carboxylic acids is 2. The Morgan fingerprint density at radius 2 is 1.83 bits per heavy atom. The van der Waals surface area contributed by atoms with E-state index in [1.54, 1.807) is 24.8 Å². The Bertz CT molecular complexity index is 1020. The molecule has 2 aromatic rings. The lowest BCUT2D eigenvalue weighted by Crippen LogP contribution is -2.41. The third-order valence-electron chi connectivity index (χ3n) is 6.46. The summed E-state index contributed by atoms with van der Waals surface area (Å²) in [7, 11) is 0. The molecule has 1 spiro atoms. The van der Waals surface area contributed by atoms with Crippen LogP contribution in [0.2, 0.25) is 0 Å². The lowest BCUT2D eigenvalue weighted by molar-refractivity contribution is -0.136. The van der Waals surface area contributed by atoms with Gasteiger partial charge in [0.1, 0.15) is 6.54 Å². The zero-order valence-corrected chi connectivity index (χ0v) is 17.6. The first-order chi connectivity index (χ1) is 14.4. The van der Waals surface area contributed by atoms with E-state index in [0.717, 1.165) is 25.1 Å². The molecule has 1 atom stereocenters. The third kappa shape index (κ3) is 3.88. The van der Waals surface area contributed by atoms with E-state index in [2.05, 4.69) is 17.1 Å². The van der Waals surface area contributed by atoms with Gasteiger partial charge in [0.2, 0.25) is 11.8 Å².